The number of amides is 1. The van der Waals surface area contributed by atoms with Gasteiger partial charge in [-0.1, -0.05) is 0 Å². The number of nitrogens with zero attached hydrogens (tertiary/aromatic N) is 1. The molecule has 0 aromatic rings. The van der Waals surface area contributed by atoms with E-state index in [1.807, 2.05) is 0 Å². The third-order valence-corrected chi connectivity index (χ3v) is 3.79. The van der Waals surface area contributed by atoms with E-state index in [1.165, 1.54) is 0 Å². The van der Waals surface area contributed by atoms with Crippen molar-refractivity contribution in [2.75, 3.05) is 6.61 Å². The predicted molar refractivity (Wildman–Crippen MR) is 70.2 cm³/mol. The van der Waals surface area contributed by atoms with Gasteiger partial charge in [-0.3, -0.25) is 4.90 Å². The van der Waals surface area contributed by atoms with Crippen molar-refractivity contribution in [3.8, 4) is 0 Å². The Morgan fingerprint density at radius 2 is 1.86 bits per heavy atom. The molecule has 2 fully saturated rings. The second kappa shape index (κ2) is 5.42. The number of likely N-dealkylation sites (tertiary alicyclic amines) is 1. The van der Waals surface area contributed by atoms with Crippen molar-refractivity contribution in [3.63, 3.8) is 0 Å². The maximum Gasteiger partial charge on any atom is 0.411 e. The van der Waals surface area contributed by atoms with Crippen molar-refractivity contribution in [1.82, 2.24) is 4.90 Å². The summed E-state index contributed by atoms with van der Waals surface area (Å²) in [5, 5.41) is 0. The van der Waals surface area contributed by atoms with E-state index in [9.17, 15) is 18.4 Å². The number of carbonyl (C=O) groups is 2. The Hall–Kier alpha value is -1.40. The van der Waals surface area contributed by atoms with E-state index in [0.717, 1.165) is 4.90 Å². The Morgan fingerprint density at radius 3 is 2.38 bits per heavy atom. The summed E-state index contributed by atoms with van der Waals surface area (Å²) in [6.45, 7) is 6.75. The van der Waals surface area contributed by atoms with Crippen LogP contribution in [0.2, 0.25) is 0 Å². The highest BCUT2D eigenvalue weighted by molar-refractivity contribution is 5.83. The fourth-order valence-corrected chi connectivity index (χ4v) is 3.05. The average molecular weight is 305 g/mol. The summed E-state index contributed by atoms with van der Waals surface area (Å²) in [7, 11) is 0. The first-order chi connectivity index (χ1) is 9.67. The van der Waals surface area contributed by atoms with Crippen LogP contribution in [0.5, 0.6) is 0 Å². The van der Waals surface area contributed by atoms with Gasteiger partial charge in [0.05, 0.1) is 12.6 Å². The third kappa shape index (κ3) is 2.82. The van der Waals surface area contributed by atoms with Crippen molar-refractivity contribution in [2.24, 2.45) is 5.92 Å². The van der Waals surface area contributed by atoms with Crippen molar-refractivity contribution >= 4 is 12.1 Å². The summed E-state index contributed by atoms with van der Waals surface area (Å²) in [6.07, 6.45) is -4.22. The third-order valence-electron chi connectivity index (χ3n) is 3.79. The molecular formula is C14H21F2NO4. The van der Waals surface area contributed by atoms with Crippen LogP contribution in [0.1, 0.15) is 34.1 Å². The lowest BCUT2D eigenvalue weighted by Crippen LogP contribution is -2.57. The molecular weight excluding hydrogens is 284 g/mol. The highest BCUT2D eigenvalue weighted by Crippen LogP contribution is 2.46. The molecule has 120 valence electrons. The lowest BCUT2D eigenvalue weighted by atomic mass is 9.96. The molecule has 0 unspecified atom stereocenters. The summed E-state index contributed by atoms with van der Waals surface area (Å²) in [4.78, 5) is 25.3. The molecule has 2 aliphatic rings. The summed E-state index contributed by atoms with van der Waals surface area (Å²) in [6, 6.07) is -2.07. The van der Waals surface area contributed by atoms with Gasteiger partial charge < -0.3 is 9.47 Å². The molecule has 0 radical (unpaired) electrons. The molecule has 2 rings (SSSR count). The smallest absolute Gasteiger partial charge is 0.411 e. The number of hydrogen-bond acceptors (Lipinski definition) is 4. The minimum Gasteiger partial charge on any atom is -0.464 e. The van der Waals surface area contributed by atoms with Crippen LogP contribution in [-0.2, 0) is 14.3 Å². The standard InChI is InChI=1S/C14H21F2NO4/c1-5-20-12(18)11-7-6-8(10(16)9(7)15)17(11)13(19)21-14(2,3)4/h7-11H,5-6H2,1-4H3/t7-,8-,9-,10+,11+/m1/s1. The fraction of sp³-hybridized carbons (Fsp3) is 0.857. The molecule has 5 nitrogen and oxygen atoms in total. The number of hydrogen-bond donors (Lipinski definition) is 0. The number of piperidine rings is 1. The molecule has 1 amide bonds. The van der Waals surface area contributed by atoms with Crippen molar-refractivity contribution in [3.05, 3.63) is 0 Å². The Kier molecular flexibility index (Phi) is 4.13. The van der Waals surface area contributed by atoms with E-state index in [2.05, 4.69) is 0 Å². The molecule has 21 heavy (non-hydrogen) atoms. The van der Waals surface area contributed by atoms with Gasteiger partial charge in [0.15, 0.2) is 6.17 Å². The van der Waals surface area contributed by atoms with Gasteiger partial charge in [-0.05, 0) is 34.1 Å². The number of ether oxygens (including phenoxy) is 2. The molecule has 1 saturated heterocycles. The SMILES string of the molecule is CCOC(=O)[C@@H]1[C@@H]2C[C@H]([C@H](F)[C@@H]2F)N1C(=O)OC(C)(C)C. The minimum atomic E-state index is -1.78. The van der Waals surface area contributed by atoms with Crippen LogP contribution in [0.15, 0.2) is 0 Å². The highest BCUT2D eigenvalue weighted by Gasteiger charge is 2.63. The van der Waals surface area contributed by atoms with E-state index in [1.54, 1.807) is 27.7 Å². The first-order valence-corrected chi connectivity index (χ1v) is 7.13. The summed E-state index contributed by atoms with van der Waals surface area (Å²) in [5.74, 6) is -1.57. The second-order valence-corrected chi connectivity index (χ2v) is 6.44. The van der Waals surface area contributed by atoms with E-state index < -0.39 is 48.0 Å². The summed E-state index contributed by atoms with van der Waals surface area (Å²) in [5.41, 5.74) is -0.779. The lowest BCUT2D eigenvalue weighted by molar-refractivity contribution is -0.153. The van der Waals surface area contributed by atoms with Crippen molar-refractivity contribution in [1.29, 1.82) is 0 Å². The summed E-state index contributed by atoms with van der Waals surface area (Å²) < 4.78 is 37.9. The molecule has 1 saturated carbocycles. The molecule has 1 aliphatic carbocycles. The minimum absolute atomic E-state index is 0.116. The van der Waals surface area contributed by atoms with Gasteiger partial charge >= 0.3 is 12.1 Å². The molecule has 0 spiro atoms. The number of esters is 1. The zero-order valence-corrected chi connectivity index (χ0v) is 12.6. The maximum absolute atomic E-state index is 13.9. The predicted octanol–water partition coefficient (Wildman–Crippen LogP) is 2.23. The largest absolute Gasteiger partial charge is 0.464 e. The van der Waals surface area contributed by atoms with E-state index in [-0.39, 0.29) is 13.0 Å². The molecule has 5 atom stereocenters. The molecule has 1 heterocycles. The van der Waals surface area contributed by atoms with Crippen LogP contribution >= 0.6 is 0 Å². The van der Waals surface area contributed by atoms with Gasteiger partial charge in [0.2, 0.25) is 0 Å². The topological polar surface area (TPSA) is 55.8 Å². The van der Waals surface area contributed by atoms with Gasteiger partial charge in [-0.2, -0.15) is 0 Å². The zero-order valence-electron chi connectivity index (χ0n) is 12.6. The van der Waals surface area contributed by atoms with Gasteiger partial charge in [0, 0.05) is 5.92 Å². The first-order valence-electron chi connectivity index (χ1n) is 7.13. The monoisotopic (exact) mass is 305 g/mol. The van der Waals surface area contributed by atoms with Gasteiger partial charge in [0.25, 0.3) is 0 Å². The number of fused-ring (bicyclic) bond motifs is 2. The van der Waals surface area contributed by atoms with Gasteiger partial charge in [-0.15, -0.1) is 0 Å². The Morgan fingerprint density at radius 1 is 1.24 bits per heavy atom. The molecule has 0 aromatic carbocycles. The van der Waals surface area contributed by atoms with Gasteiger partial charge in [-0.25, -0.2) is 18.4 Å². The second-order valence-electron chi connectivity index (χ2n) is 6.44. The van der Waals surface area contributed by atoms with Crippen LogP contribution in [0.3, 0.4) is 0 Å². The van der Waals surface area contributed by atoms with Crippen molar-refractivity contribution in [2.45, 2.75) is 64.1 Å². The van der Waals surface area contributed by atoms with E-state index >= 15 is 0 Å². The highest BCUT2D eigenvalue weighted by atomic mass is 19.2. The number of alkyl halides is 2. The van der Waals surface area contributed by atoms with Gasteiger partial charge in [0.1, 0.15) is 17.8 Å². The first kappa shape index (κ1) is 16.0. The number of rotatable bonds is 2. The number of carbonyl (C=O) groups excluding carboxylic acids is 2. The Balaban J connectivity index is 2.24. The fourth-order valence-electron chi connectivity index (χ4n) is 3.05. The van der Waals surface area contributed by atoms with Crippen molar-refractivity contribution < 1.29 is 27.8 Å². The molecule has 7 heteroatoms. The Labute approximate surface area is 122 Å². The lowest BCUT2D eigenvalue weighted by Gasteiger charge is -2.37. The normalized spacial score (nSPS) is 35.0. The maximum atomic E-state index is 13.9. The van der Waals surface area contributed by atoms with Crippen LogP contribution in [0.4, 0.5) is 13.6 Å². The van der Waals surface area contributed by atoms with E-state index in [4.69, 9.17) is 9.47 Å². The molecule has 0 aromatic heterocycles. The zero-order chi connectivity index (χ0) is 15.9. The van der Waals surface area contributed by atoms with Crippen LogP contribution in [-0.4, -0.2) is 53.6 Å². The Bertz CT molecular complexity index is 437. The summed E-state index contributed by atoms with van der Waals surface area (Å²) >= 11 is 0. The van der Waals surface area contributed by atoms with Crippen LogP contribution in [0, 0.1) is 5.92 Å². The molecule has 1 aliphatic heterocycles. The molecule has 2 bridgehead atoms. The quantitative estimate of drug-likeness (QED) is 0.734. The van der Waals surface area contributed by atoms with Crippen LogP contribution in [0.25, 0.3) is 0 Å². The molecule has 0 N–H and O–H groups in total. The number of halogens is 2. The van der Waals surface area contributed by atoms with E-state index in [0.29, 0.717) is 0 Å². The average Bonchev–Trinajstić information content (AvgIpc) is 2.86. The van der Waals surface area contributed by atoms with Crippen LogP contribution < -0.4 is 0 Å².